The molecule has 0 radical (unpaired) electrons. The van der Waals surface area contributed by atoms with Gasteiger partial charge in [-0.05, 0) is 35.9 Å². The van der Waals surface area contributed by atoms with Gasteiger partial charge in [0.25, 0.3) is 0 Å². The maximum atomic E-state index is 13.2. The molecule has 0 aliphatic carbocycles. The predicted molar refractivity (Wildman–Crippen MR) is 132 cm³/mol. The largest absolute Gasteiger partial charge is 0.383 e. The molecule has 9 heteroatoms. The molecule has 1 unspecified atom stereocenters. The Morgan fingerprint density at radius 1 is 1.18 bits per heavy atom. The summed E-state index contributed by atoms with van der Waals surface area (Å²) in [5, 5.41) is 6.06. The molecule has 180 valence electrons. The molecule has 2 aromatic heterocycles. The van der Waals surface area contributed by atoms with E-state index >= 15 is 0 Å². The number of rotatable bonds is 11. The maximum absolute atomic E-state index is 13.2. The predicted octanol–water partition coefficient (Wildman–Crippen LogP) is 2.21. The van der Waals surface area contributed by atoms with Gasteiger partial charge in [-0.3, -0.25) is 14.4 Å². The molecule has 1 aromatic carbocycles. The lowest BCUT2D eigenvalue weighted by Crippen LogP contribution is -2.61. The number of para-hydroxylation sites is 1. The number of amides is 3. The number of carbonyl (C=O) groups is 3. The van der Waals surface area contributed by atoms with Crippen molar-refractivity contribution in [1.29, 1.82) is 0 Å². The van der Waals surface area contributed by atoms with E-state index in [1.165, 1.54) is 4.90 Å². The molecular weight excluding hydrogens is 452 g/mol. The Morgan fingerprint density at radius 3 is 2.82 bits per heavy atom. The highest BCUT2D eigenvalue weighted by atomic mass is 32.1. The number of hydrogen-bond donors (Lipinski definition) is 2. The second-order valence-corrected chi connectivity index (χ2v) is 9.38. The molecule has 1 aliphatic rings. The summed E-state index contributed by atoms with van der Waals surface area (Å²) in [6.45, 7) is 1.57. The van der Waals surface area contributed by atoms with Crippen LogP contribution < -0.4 is 5.32 Å². The van der Waals surface area contributed by atoms with Crippen molar-refractivity contribution in [3.05, 3.63) is 58.4 Å². The summed E-state index contributed by atoms with van der Waals surface area (Å²) in [6.07, 6.45) is 3.25. The zero-order chi connectivity index (χ0) is 23.9. The average molecular weight is 483 g/mol. The number of hydrogen-bond acceptors (Lipinski definition) is 5. The van der Waals surface area contributed by atoms with Gasteiger partial charge in [0.05, 0.1) is 19.6 Å². The minimum Gasteiger partial charge on any atom is -0.383 e. The van der Waals surface area contributed by atoms with Crippen LogP contribution in [0.4, 0.5) is 0 Å². The van der Waals surface area contributed by atoms with Crippen molar-refractivity contribution in [1.82, 2.24) is 20.1 Å². The van der Waals surface area contributed by atoms with Gasteiger partial charge in [0.15, 0.2) is 0 Å². The Balaban J connectivity index is 1.38. The van der Waals surface area contributed by atoms with Crippen molar-refractivity contribution in [3.63, 3.8) is 0 Å². The maximum Gasteiger partial charge on any atom is 0.246 e. The molecule has 0 bridgehead atoms. The standard InChI is InChI=1S/C25H30N4O4S/c1-33-13-12-28-17-24(31)29(11-9-19-5-4-14-34-19)22(25(28)32)15-23(30)26-10-8-18-16-27-21-7-3-2-6-20(18)21/h2-7,14,16,22,27H,8-13,15,17H2,1H3,(H,26,30). The third kappa shape index (κ3) is 5.66. The minimum absolute atomic E-state index is 0.0192. The Labute approximate surface area is 202 Å². The van der Waals surface area contributed by atoms with Crippen LogP contribution >= 0.6 is 11.3 Å². The lowest BCUT2D eigenvalue weighted by Gasteiger charge is -2.40. The zero-order valence-electron chi connectivity index (χ0n) is 19.3. The Bertz CT molecular complexity index is 1130. The van der Waals surface area contributed by atoms with E-state index in [4.69, 9.17) is 4.74 Å². The summed E-state index contributed by atoms with van der Waals surface area (Å²) < 4.78 is 5.09. The first kappa shape index (κ1) is 24.0. The van der Waals surface area contributed by atoms with E-state index in [0.29, 0.717) is 39.1 Å². The van der Waals surface area contributed by atoms with Crippen LogP contribution in [0.2, 0.25) is 0 Å². The number of piperazine rings is 1. The van der Waals surface area contributed by atoms with Crippen LogP contribution in [0.15, 0.2) is 48.0 Å². The Hall–Kier alpha value is -3.17. The quantitative estimate of drug-likeness (QED) is 0.438. The second-order valence-electron chi connectivity index (χ2n) is 8.35. The van der Waals surface area contributed by atoms with Crippen LogP contribution in [-0.4, -0.2) is 78.4 Å². The molecule has 3 heterocycles. The normalized spacial score (nSPS) is 16.4. The number of H-pyrrole nitrogens is 1. The molecule has 0 spiro atoms. The lowest BCUT2D eigenvalue weighted by atomic mass is 10.1. The summed E-state index contributed by atoms with van der Waals surface area (Å²) in [7, 11) is 1.56. The summed E-state index contributed by atoms with van der Waals surface area (Å²) in [4.78, 5) is 46.4. The third-order valence-electron chi connectivity index (χ3n) is 6.13. The fourth-order valence-electron chi connectivity index (χ4n) is 4.33. The number of aromatic amines is 1. The molecule has 1 fully saturated rings. The van der Waals surface area contributed by atoms with Crippen LogP contribution in [0, 0.1) is 0 Å². The van der Waals surface area contributed by atoms with Crippen molar-refractivity contribution in [2.24, 2.45) is 0 Å². The van der Waals surface area contributed by atoms with Gasteiger partial charge in [-0.15, -0.1) is 11.3 Å². The van der Waals surface area contributed by atoms with Crippen molar-refractivity contribution in [2.75, 3.05) is 39.9 Å². The molecule has 1 saturated heterocycles. The Kier molecular flexibility index (Phi) is 7.97. The van der Waals surface area contributed by atoms with E-state index in [9.17, 15) is 14.4 Å². The number of thiophene rings is 1. The third-order valence-corrected chi connectivity index (χ3v) is 7.07. The smallest absolute Gasteiger partial charge is 0.246 e. The summed E-state index contributed by atoms with van der Waals surface area (Å²) >= 11 is 1.62. The van der Waals surface area contributed by atoms with Crippen molar-refractivity contribution in [3.8, 4) is 0 Å². The molecule has 1 aliphatic heterocycles. The number of ether oxygens (including phenoxy) is 1. The fourth-order valence-corrected chi connectivity index (χ4v) is 5.03. The van der Waals surface area contributed by atoms with Gasteiger partial charge in [0.1, 0.15) is 6.04 Å². The van der Waals surface area contributed by atoms with Gasteiger partial charge in [-0.1, -0.05) is 24.3 Å². The highest BCUT2D eigenvalue weighted by molar-refractivity contribution is 7.09. The number of methoxy groups -OCH3 is 1. The fraction of sp³-hybridized carbons (Fsp3) is 0.400. The monoisotopic (exact) mass is 482 g/mol. The molecular formula is C25H30N4O4S. The lowest BCUT2D eigenvalue weighted by molar-refractivity contribution is -0.157. The first-order valence-electron chi connectivity index (χ1n) is 11.5. The molecule has 3 aromatic rings. The number of nitrogens with one attached hydrogen (secondary N) is 2. The SMILES string of the molecule is COCCN1CC(=O)N(CCc2cccs2)C(CC(=O)NCCc2c[nH]c3ccccc23)C1=O. The van der Waals surface area contributed by atoms with Crippen LogP contribution in [0.25, 0.3) is 10.9 Å². The van der Waals surface area contributed by atoms with E-state index in [1.807, 2.05) is 41.9 Å². The van der Waals surface area contributed by atoms with Crippen LogP contribution in [0.3, 0.4) is 0 Å². The average Bonchev–Trinajstić information content (AvgIpc) is 3.50. The van der Waals surface area contributed by atoms with E-state index in [2.05, 4.69) is 16.4 Å². The van der Waals surface area contributed by atoms with Gasteiger partial charge in [0, 0.05) is 48.7 Å². The highest BCUT2D eigenvalue weighted by Crippen LogP contribution is 2.19. The zero-order valence-corrected chi connectivity index (χ0v) is 20.1. The van der Waals surface area contributed by atoms with Crippen molar-refractivity contribution < 1.29 is 19.1 Å². The number of aromatic nitrogens is 1. The van der Waals surface area contributed by atoms with Gasteiger partial charge in [-0.25, -0.2) is 0 Å². The molecule has 4 rings (SSSR count). The molecule has 0 saturated carbocycles. The molecule has 8 nitrogen and oxygen atoms in total. The van der Waals surface area contributed by atoms with Gasteiger partial charge < -0.3 is 24.8 Å². The minimum atomic E-state index is -0.800. The number of fused-ring (bicyclic) bond motifs is 1. The number of carbonyl (C=O) groups excluding carboxylic acids is 3. The summed E-state index contributed by atoms with van der Waals surface area (Å²) in [5.74, 6) is -0.570. The summed E-state index contributed by atoms with van der Waals surface area (Å²) in [5.41, 5.74) is 2.19. The molecule has 2 N–H and O–H groups in total. The number of nitrogens with zero attached hydrogens (tertiary/aromatic N) is 2. The molecule has 3 amide bonds. The van der Waals surface area contributed by atoms with E-state index in [0.717, 1.165) is 21.3 Å². The summed E-state index contributed by atoms with van der Waals surface area (Å²) in [6, 6.07) is 11.2. The van der Waals surface area contributed by atoms with Crippen molar-refractivity contribution in [2.45, 2.75) is 25.3 Å². The van der Waals surface area contributed by atoms with E-state index < -0.39 is 6.04 Å². The van der Waals surface area contributed by atoms with Gasteiger partial charge in [-0.2, -0.15) is 0 Å². The molecule has 34 heavy (non-hydrogen) atoms. The number of benzene rings is 1. The van der Waals surface area contributed by atoms with Gasteiger partial charge >= 0.3 is 0 Å². The highest BCUT2D eigenvalue weighted by Gasteiger charge is 2.40. The Morgan fingerprint density at radius 2 is 2.03 bits per heavy atom. The van der Waals surface area contributed by atoms with Crippen molar-refractivity contribution >= 4 is 40.0 Å². The van der Waals surface area contributed by atoms with Crippen LogP contribution in [0.5, 0.6) is 0 Å². The molecule has 1 atom stereocenters. The van der Waals surface area contributed by atoms with E-state index in [-0.39, 0.29) is 30.7 Å². The first-order valence-corrected chi connectivity index (χ1v) is 12.4. The van der Waals surface area contributed by atoms with E-state index in [1.54, 1.807) is 23.3 Å². The van der Waals surface area contributed by atoms with Gasteiger partial charge in [0.2, 0.25) is 17.7 Å². The second kappa shape index (κ2) is 11.3. The first-order chi connectivity index (χ1) is 16.6. The van der Waals surface area contributed by atoms with Crippen LogP contribution in [0.1, 0.15) is 16.9 Å². The van der Waals surface area contributed by atoms with Crippen LogP contribution in [-0.2, 0) is 32.0 Å². The topological polar surface area (TPSA) is 94.7 Å².